The number of carboxylic acids is 1. The Bertz CT molecular complexity index is 1160. The van der Waals surface area contributed by atoms with E-state index in [1.807, 2.05) is 24.3 Å². The summed E-state index contributed by atoms with van der Waals surface area (Å²) in [6, 6.07) is 13.5. The van der Waals surface area contributed by atoms with Crippen LogP contribution in [0.5, 0.6) is 0 Å². The van der Waals surface area contributed by atoms with Crippen molar-refractivity contribution in [3.63, 3.8) is 0 Å². The van der Waals surface area contributed by atoms with Crippen molar-refractivity contribution in [2.75, 3.05) is 29.9 Å². The number of halogens is 4. The highest BCUT2D eigenvalue weighted by atomic mass is 127. The predicted octanol–water partition coefficient (Wildman–Crippen LogP) is 3.86. The van der Waals surface area contributed by atoms with Gasteiger partial charge in [-0.05, 0) is 83.8 Å². The fourth-order valence-electron chi connectivity index (χ4n) is 3.74. The van der Waals surface area contributed by atoms with Crippen LogP contribution in [-0.2, 0) is 9.59 Å². The second kappa shape index (κ2) is 11.7. The molecular weight excluding hydrogens is 594 g/mol. The number of nitrogens with zero attached hydrogens (tertiary/aromatic N) is 1. The molecule has 1 saturated heterocycles. The van der Waals surface area contributed by atoms with Crippen molar-refractivity contribution in [1.29, 1.82) is 0 Å². The molecule has 4 rings (SSSR count). The number of aliphatic hydroxyl groups excluding tert-OH is 1. The lowest BCUT2D eigenvalue weighted by molar-refractivity contribution is -0.192. The average Bonchev–Trinajstić information content (AvgIpc) is 2.84. The minimum atomic E-state index is -5.08. The molecule has 0 aliphatic carbocycles. The largest absolute Gasteiger partial charge is 0.490 e. The van der Waals surface area contributed by atoms with E-state index in [4.69, 9.17) is 9.90 Å². The van der Waals surface area contributed by atoms with E-state index in [1.54, 1.807) is 12.3 Å². The molecule has 4 N–H and O–H groups in total. The first-order valence-corrected chi connectivity index (χ1v) is 12.0. The first-order chi connectivity index (χ1) is 17.0. The molecule has 0 radical (unpaired) electrons. The zero-order chi connectivity index (χ0) is 26.5. The zero-order valence-electron chi connectivity index (χ0n) is 18.8. The van der Waals surface area contributed by atoms with Gasteiger partial charge in [-0.15, -0.1) is 0 Å². The number of anilines is 2. The summed E-state index contributed by atoms with van der Waals surface area (Å²) < 4.78 is 32.7. The molecule has 2 aromatic carbocycles. The highest BCUT2D eigenvalue weighted by molar-refractivity contribution is 14.1. The number of carboxylic acid groups (broad SMARTS) is 1. The lowest BCUT2D eigenvalue weighted by Crippen LogP contribution is -2.36. The molecule has 2 amide bonds. The van der Waals surface area contributed by atoms with Gasteiger partial charge < -0.3 is 20.4 Å². The quantitative estimate of drug-likeness (QED) is 0.234. The van der Waals surface area contributed by atoms with E-state index in [9.17, 15) is 27.9 Å². The number of fused-ring (bicyclic) bond motifs is 1. The summed E-state index contributed by atoms with van der Waals surface area (Å²) in [6.45, 7) is 2.17. The topological polar surface area (TPSA) is 119 Å². The lowest BCUT2D eigenvalue weighted by Gasteiger charge is -2.32. The number of piperidine rings is 1. The van der Waals surface area contributed by atoms with Gasteiger partial charge in [0.2, 0.25) is 0 Å². The Morgan fingerprint density at radius 3 is 2.25 bits per heavy atom. The molecule has 8 nitrogen and oxygen atoms in total. The summed E-state index contributed by atoms with van der Waals surface area (Å²) in [6.07, 6.45) is -1.41. The van der Waals surface area contributed by atoms with Crippen molar-refractivity contribution in [2.24, 2.45) is 5.92 Å². The Hall–Kier alpha value is -3.13. The molecule has 1 fully saturated rings. The van der Waals surface area contributed by atoms with Crippen LogP contribution in [0.1, 0.15) is 28.8 Å². The maximum absolute atomic E-state index is 12.3. The molecule has 12 heteroatoms. The Morgan fingerprint density at radius 1 is 1.08 bits per heavy atom. The second-order valence-corrected chi connectivity index (χ2v) is 9.38. The van der Waals surface area contributed by atoms with Gasteiger partial charge >= 0.3 is 12.1 Å². The second-order valence-electron chi connectivity index (χ2n) is 8.14. The molecule has 2 aliphatic heterocycles. The Balaban J connectivity index is 0.000000454. The van der Waals surface area contributed by atoms with Crippen molar-refractivity contribution >= 4 is 57.3 Å². The van der Waals surface area contributed by atoms with Crippen molar-refractivity contribution < 1.29 is 37.8 Å². The normalized spacial score (nSPS) is 17.1. The fraction of sp³-hybridized carbons (Fsp3) is 0.292. The van der Waals surface area contributed by atoms with Crippen LogP contribution >= 0.6 is 22.6 Å². The minimum absolute atomic E-state index is 0.271. The first kappa shape index (κ1) is 27.5. The third kappa shape index (κ3) is 6.97. The van der Waals surface area contributed by atoms with Crippen LogP contribution in [0.25, 0.3) is 5.57 Å². The first-order valence-electron chi connectivity index (χ1n) is 10.9. The van der Waals surface area contributed by atoms with Gasteiger partial charge in [-0.2, -0.15) is 13.2 Å². The van der Waals surface area contributed by atoms with Crippen LogP contribution in [0.4, 0.5) is 24.5 Å². The molecule has 0 unspecified atom stereocenters. The number of imide groups is 1. The highest BCUT2D eigenvalue weighted by Crippen LogP contribution is 2.27. The van der Waals surface area contributed by atoms with E-state index >= 15 is 0 Å². The number of carbonyl (C=O) groups excluding carboxylic acids is 2. The van der Waals surface area contributed by atoms with E-state index in [0.29, 0.717) is 22.6 Å². The molecule has 0 spiro atoms. The number of alkyl halides is 3. The van der Waals surface area contributed by atoms with Crippen molar-refractivity contribution in [3.05, 3.63) is 63.4 Å². The number of hydrogen-bond donors (Lipinski definition) is 4. The van der Waals surface area contributed by atoms with Crippen molar-refractivity contribution in [2.45, 2.75) is 19.0 Å². The summed E-state index contributed by atoms with van der Waals surface area (Å²) in [5.41, 5.74) is 3.60. The van der Waals surface area contributed by atoms with Gasteiger partial charge in [0.15, 0.2) is 0 Å². The van der Waals surface area contributed by atoms with Crippen LogP contribution in [-0.4, -0.2) is 53.9 Å². The number of nitrogens with one attached hydrogen (secondary N) is 2. The number of rotatable bonds is 4. The smallest absolute Gasteiger partial charge is 0.475 e. The summed E-state index contributed by atoms with van der Waals surface area (Å²) >= 11 is 2.17. The monoisotopic (exact) mass is 617 g/mol. The number of carbonyl (C=O) groups is 3. The molecular formula is C24H23F3IN3O5. The molecule has 2 aromatic rings. The van der Waals surface area contributed by atoms with Gasteiger partial charge in [0.05, 0.1) is 5.57 Å². The molecule has 2 aliphatic rings. The van der Waals surface area contributed by atoms with Crippen LogP contribution < -0.4 is 15.5 Å². The molecule has 0 bridgehead atoms. The van der Waals surface area contributed by atoms with Crippen LogP contribution in [0.3, 0.4) is 0 Å². The van der Waals surface area contributed by atoms with Crippen LogP contribution in [0, 0.1) is 9.49 Å². The van der Waals surface area contributed by atoms with E-state index < -0.39 is 18.1 Å². The number of benzene rings is 2. The third-order valence-electron chi connectivity index (χ3n) is 5.72. The molecule has 2 heterocycles. The number of aliphatic carboxylic acids is 1. The summed E-state index contributed by atoms with van der Waals surface area (Å²) in [5.74, 6) is -3.11. The molecule has 192 valence electrons. The van der Waals surface area contributed by atoms with Crippen LogP contribution in [0.2, 0.25) is 0 Å². The Morgan fingerprint density at radius 2 is 1.69 bits per heavy atom. The highest BCUT2D eigenvalue weighted by Gasteiger charge is 2.38. The SMILES string of the molecule is O=C(O)C(F)(F)F.O=C1NC(=O)c2ccc(I)cc2C1=CNc1ccc(N2CCC(CO)CC2)cc1. The molecule has 0 saturated carbocycles. The van der Waals surface area contributed by atoms with Gasteiger partial charge in [-0.25, -0.2) is 4.79 Å². The van der Waals surface area contributed by atoms with Gasteiger partial charge in [-0.3, -0.25) is 14.9 Å². The van der Waals surface area contributed by atoms with E-state index in [1.165, 1.54) is 0 Å². The summed E-state index contributed by atoms with van der Waals surface area (Å²) in [4.78, 5) is 35.6. The predicted molar refractivity (Wildman–Crippen MR) is 135 cm³/mol. The van der Waals surface area contributed by atoms with E-state index in [0.717, 1.165) is 40.9 Å². The maximum atomic E-state index is 12.3. The van der Waals surface area contributed by atoms with Gasteiger partial charge in [0.25, 0.3) is 11.8 Å². The van der Waals surface area contributed by atoms with Crippen molar-refractivity contribution in [3.8, 4) is 0 Å². The Kier molecular flexibility index (Phi) is 8.95. The lowest BCUT2D eigenvalue weighted by atomic mass is 9.95. The Labute approximate surface area is 218 Å². The summed E-state index contributed by atoms with van der Waals surface area (Å²) in [5, 5.41) is 22.0. The number of aliphatic hydroxyl groups is 1. The minimum Gasteiger partial charge on any atom is -0.475 e. The number of amides is 2. The average molecular weight is 617 g/mol. The fourth-order valence-corrected chi connectivity index (χ4v) is 4.23. The zero-order valence-corrected chi connectivity index (χ0v) is 21.0. The van der Waals surface area contributed by atoms with E-state index in [-0.39, 0.29) is 12.5 Å². The molecule has 36 heavy (non-hydrogen) atoms. The van der Waals surface area contributed by atoms with Gasteiger partial charge in [0.1, 0.15) is 0 Å². The molecule has 0 atom stereocenters. The van der Waals surface area contributed by atoms with Crippen molar-refractivity contribution in [1.82, 2.24) is 5.32 Å². The molecule has 0 aromatic heterocycles. The number of hydrogen-bond acceptors (Lipinski definition) is 6. The van der Waals surface area contributed by atoms with Crippen LogP contribution in [0.15, 0.2) is 48.7 Å². The standard InChI is InChI=1S/C22H22IN3O3.C2HF3O2/c23-15-1-6-18-19(11-15)20(22(29)25-21(18)28)12-24-16-2-4-17(5-3-16)26-9-7-14(13-27)8-10-26;3-2(4,5)1(6)7/h1-6,11-12,14,24,27H,7-10,13H2,(H,25,28,29);(H,6,7). The summed E-state index contributed by atoms with van der Waals surface area (Å²) in [7, 11) is 0. The van der Waals surface area contributed by atoms with Gasteiger partial charge in [0, 0.05) is 52.0 Å². The third-order valence-corrected chi connectivity index (χ3v) is 6.39. The van der Waals surface area contributed by atoms with E-state index in [2.05, 4.69) is 50.3 Å². The maximum Gasteiger partial charge on any atom is 0.490 e. The van der Waals surface area contributed by atoms with Gasteiger partial charge in [-0.1, -0.05) is 0 Å².